The van der Waals surface area contributed by atoms with E-state index in [1.54, 1.807) is 12.3 Å². The number of anilines is 1. The predicted octanol–water partition coefficient (Wildman–Crippen LogP) is 2.10. The summed E-state index contributed by atoms with van der Waals surface area (Å²) in [6.45, 7) is 2.54. The zero-order valence-electron chi connectivity index (χ0n) is 9.92. The molecule has 2 rings (SSSR count). The summed E-state index contributed by atoms with van der Waals surface area (Å²) in [6, 6.07) is 7.09. The smallest absolute Gasteiger partial charge is 0.337 e. The van der Waals surface area contributed by atoms with E-state index in [0.717, 1.165) is 11.3 Å². The minimum absolute atomic E-state index is 0.178. The predicted molar refractivity (Wildman–Crippen MR) is 67.5 cm³/mol. The van der Waals surface area contributed by atoms with Gasteiger partial charge in [-0.15, -0.1) is 0 Å². The summed E-state index contributed by atoms with van der Waals surface area (Å²) in [7, 11) is 0. The van der Waals surface area contributed by atoms with Crippen molar-refractivity contribution in [2.24, 2.45) is 0 Å². The van der Waals surface area contributed by atoms with Crippen LogP contribution in [0.1, 0.15) is 21.6 Å². The Morgan fingerprint density at radius 3 is 2.61 bits per heavy atom. The Kier molecular flexibility index (Phi) is 3.52. The molecular formula is C13H13N3O2. The number of aromatic nitrogens is 2. The Morgan fingerprint density at radius 1 is 1.22 bits per heavy atom. The van der Waals surface area contributed by atoms with Crippen LogP contribution < -0.4 is 5.32 Å². The average molecular weight is 243 g/mol. The van der Waals surface area contributed by atoms with Gasteiger partial charge in [0, 0.05) is 24.6 Å². The van der Waals surface area contributed by atoms with Crippen LogP contribution in [-0.4, -0.2) is 21.0 Å². The van der Waals surface area contributed by atoms with Gasteiger partial charge in [-0.1, -0.05) is 6.07 Å². The molecule has 0 atom stereocenters. The third-order valence-electron chi connectivity index (χ3n) is 2.46. The molecule has 0 aromatic carbocycles. The van der Waals surface area contributed by atoms with Gasteiger partial charge in [0.15, 0.2) is 0 Å². The molecule has 2 aromatic rings. The number of rotatable bonds is 4. The molecule has 0 spiro atoms. The molecule has 18 heavy (non-hydrogen) atoms. The number of carbonyl (C=O) groups is 1. The molecule has 0 unspecified atom stereocenters. The van der Waals surface area contributed by atoms with E-state index in [1.165, 1.54) is 12.3 Å². The van der Waals surface area contributed by atoms with E-state index in [1.807, 2.05) is 19.1 Å². The monoisotopic (exact) mass is 243 g/mol. The molecule has 0 fully saturated rings. The fourth-order valence-corrected chi connectivity index (χ4v) is 1.42. The van der Waals surface area contributed by atoms with Crippen LogP contribution in [0.25, 0.3) is 0 Å². The summed E-state index contributed by atoms with van der Waals surface area (Å²) in [6.07, 6.45) is 3.13. The van der Waals surface area contributed by atoms with Gasteiger partial charge in [-0.05, 0) is 30.7 Å². The van der Waals surface area contributed by atoms with Gasteiger partial charge < -0.3 is 10.4 Å². The van der Waals surface area contributed by atoms with Crippen molar-refractivity contribution in [3.63, 3.8) is 0 Å². The van der Waals surface area contributed by atoms with Gasteiger partial charge in [0.05, 0.1) is 5.56 Å². The van der Waals surface area contributed by atoms with Crippen LogP contribution in [0.3, 0.4) is 0 Å². The molecule has 0 bridgehead atoms. The lowest BCUT2D eigenvalue weighted by molar-refractivity contribution is 0.0696. The lowest BCUT2D eigenvalue weighted by Gasteiger charge is -2.05. The number of hydrogen-bond acceptors (Lipinski definition) is 4. The van der Waals surface area contributed by atoms with Crippen molar-refractivity contribution in [3.8, 4) is 0 Å². The third-order valence-corrected chi connectivity index (χ3v) is 2.46. The van der Waals surface area contributed by atoms with Crippen molar-refractivity contribution in [1.82, 2.24) is 9.97 Å². The summed E-state index contributed by atoms with van der Waals surface area (Å²) in [4.78, 5) is 18.9. The van der Waals surface area contributed by atoms with Crippen LogP contribution >= 0.6 is 0 Å². The average Bonchev–Trinajstić information content (AvgIpc) is 2.38. The van der Waals surface area contributed by atoms with E-state index < -0.39 is 5.97 Å². The van der Waals surface area contributed by atoms with Gasteiger partial charge in [-0.3, -0.25) is 4.98 Å². The number of nitrogens with zero attached hydrogens (tertiary/aromatic N) is 2. The molecule has 0 saturated carbocycles. The molecular weight excluding hydrogens is 230 g/mol. The first kappa shape index (κ1) is 12.0. The summed E-state index contributed by atoms with van der Waals surface area (Å²) < 4.78 is 0. The normalized spacial score (nSPS) is 10.1. The van der Waals surface area contributed by atoms with Gasteiger partial charge in [0.1, 0.15) is 5.82 Å². The van der Waals surface area contributed by atoms with Crippen molar-refractivity contribution >= 4 is 11.8 Å². The van der Waals surface area contributed by atoms with Gasteiger partial charge >= 0.3 is 5.97 Å². The van der Waals surface area contributed by atoms with E-state index >= 15 is 0 Å². The first-order chi connectivity index (χ1) is 8.65. The summed E-state index contributed by atoms with van der Waals surface area (Å²) >= 11 is 0. The Balaban J connectivity index is 1.97. The minimum atomic E-state index is -0.975. The molecule has 2 aromatic heterocycles. The van der Waals surface area contributed by atoms with Gasteiger partial charge in [-0.25, -0.2) is 9.78 Å². The van der Waals surface area contributed by atoms with Crippen molar-refractivity contribution in [1.29, 1.82) is 0 Å². The fraction of sp³-hybridized carbons (Fsp3) is 0.154. The van der Waals surface area contributed by atoms with E-state index in [4.69, 9.17) is 5.11 Å². The molecule has 0 aliphatic heterocycles. The van der Waals surface area contributed by atoms with Crippen molar-refractivity contribution in [3.05, 3.63) is 53.5 Å². The Labute approximate surface area is 105 Å². The van der Waals surface area contributed by atoms with Crippen LogP contribution in [0.15, 0.2) is 36.7 Å². The highest BCUT2D eigenvalue weighted by atomic mass is 16.4. The molecule has 92 valence electrons. The molecule has 0 aliphatic rings. The SMILES string of the molecule is Cc1ccc(CNc2ccc(C(=O)O)cn2)cn1. The number of pyridine rings is 2. The van der Waals surface area contributed by atoms with Gasteiger partial charge in [0.25, 0.3) is 0 Å². The maximum atomic E-state index is 10.7. The summed E-state index contributed by atoms with van der Waals surface area (Å²) in [5, 5.41) is 11.8. The quantitative estimate of drug-likeness (QED) is 0.860. The number of aromatic carboxylic acids is 1. The van der Waals surface area contributed by atoms with Gasteiger partial charge in [-0.2, -0.15) is 0 Å². The second kappa shape index (κ2) is 5.27. The molecule has 5 nitrogen and oxygen atoms in total. The zero-order chi connectivity index (χ0) is 13.0. The van der Waals surface area contributed by atoms with Crippen LogP contribution in [0.4, 0.5) is 5.82 Å². The van der Waals surface area contributed by atoms with Crippen LogP contribution in [0.5, 0.6) is 0 Å². The Morgan fingerprint density at radius 2 is 2.06 bits per heavy atom. The minimum Gasteiger partial charge on any atom is -0.478 e. The maximum absolute atomic E-state index is 10.7. The molecule has 2 heterocycles. The second-order valence-corrected chi connectivity index (χ2v) is 3.90. The topological polar surface area (TPSA) is 75.1 Å². The first-order valence-electron chi connectivity index (χ1n) is 5.50. The van der Waals surface area contributed by atoms with Crippen molar-refractivity contribution in [2.75, 3.05) is 5.32 Å². The molecule has 0 amide bonds. The zero-order valence-corrected chi connectivity index (χ0v) is 9.92. The summed E-state index contributed by atoms with van der Waals surface area (Å²) in [5.41, 5.74) is 2.20. The number of aryl methyl sites for hydroxylation is 1. The molecule has 0 aliphatic carbocycles. The van der Waals surface area contributed by atoms with Crippen LogP contribution in [0.2, 0.25) is 0 Å². The van der Waals surface area contributed by atoms with Gasteiger partial charge in [0.2, 0.25) is 0 Å². The Hall–Kier alpha value is -2.43. The highest BCUT2D eigenvalue weighted by molar-refractivity contribution is 5.87. The fourth-order valence-electron chi connectivity index (χ4n) is 1.42. The third kappa shape index (κ3) is 3.04. The van der Waals surface area contributed by atoms with E-state index in [2.05, 4.69) is 15.3 Å². The van der Waals surface area contributed by atoms with E-state index in [-0.39, 0.29) is 5.56 Å². The van der Waals surface area contributed by atoms with E-state index in [9.17, 15) is 4.79 Å². The molecule has 2 N–H and O–H groups in total. The van der Waals surface area contributed by atoms with Crippen LogP contribution in [0, 0.1) is 6.92 Å². The standard InChI is InChI=1S/C13H13N3O2/c1-9-2-3-10(6-14-9)7-15-12-5-4-11(8-16-12)13(17)18/h2-6,8H,7H2,1H3,(H,15,16)(H,17,18). The second-order valence-electron chi connectivity index (χ2n) is 3.90. The maximum Gasteiger partial charge on any atom is 0.337 e. The number of hydrogen-bond donors (Lipinski definition) is 2. The highest BCUT2D eigenvalue weighted by Crippen LogP contribution is 2.07. The lowest BCUT2D eigenvalue weighted by Crippen LogP contribution is -2.03. The lowest BCUT2D eigenvalue weighted by atomic mass is 10.2. The van der Waals surface area contributed by atoms with Crippen LogP contribution in [-0.2, 0) is 6.54 Å². The number of nitrogens with one attached hydrogen (secondary N) is 1. The molecule has 0 saturated heterocycles. The van der Waals surface area contributed by atoms with E-state index in [0.29, 0.717) is 12.4 Å². The Bertz CT molecular complexity index is 535. The van der Waals surface area contributed by atoms with Crippen molar-refractivity contribution in [2.45, 2.75) is 13.5 Å². The number of carboxylic acid groups (broad SMARTS) is 1. The first-order valence-corrected chi connectivity index (χ1v) is 5.50. The molecule has 0 radical (unpaired) electrons. The largest absolute Gasteiger partial charge is 0.478 e. The van der Waals surface area contributed by atoms with Crippen molar-refractivity contribution < 1.29 is 9.90 Å². The molecule has 5 heteroatoms. The number of carboxylic acids is 1. The summed E-state index contributed by atoms with van der Waals surface area (Å²) in [5.74, 6) is -0.336. The highest BCUT2D eigenvalue weighted by Gasteiger charge is 2.02.